The Balaban J connectivity index is 0.000000225. The highest BCUT2D eigenvalue weighted by Crippen LogP contribution is 2.19. The van der Waals surface area contributed by atoms with E-state index in [-0.39, 0.29) is 5.91 Å². The highest BCUT2D eigenvalue weighted by Gasteiger charge is 2.05. The van der Waals surface area contributed by atoms with Gasteiger partial charge < -0.3 is 16.8 Å². The summed E-state index contributed by atoms with van der Waals surface area (Å²) in [5.41, 5.74) is 14.2. The smallest absolute Gasteiger partial charge is 0.248 e. The normalized spacial score (nSPS) is 9.74. The lowest BCUT2D eigenvalue weighted by Crippen LogP contribution is -2.10. The summed E-state index contributed by atoms with van der Waals surface area (Å²) in [6, 6.07) is 14.0. The number of nitrogens with two attached hydrogens (primary N) is 2. The zero-order valence-corrected chi connectivity index (χ0v) is 17.8. The third kappa shape index (κ3) is 7.44. The number of aryl methyl sites for hydroxylation is 1. The SMILES string of the molecule is CC(=O)NSc1ccc(NC=O)cc1.Cc1nc(-c2ccc(C(N)=O)cc2)cnc1N. The van der Waals surface area contributed by atoms with E-state index in [1.54, 1.807) is 49.5 Å². The van der Waals surface area contributed by atoms with Crippen LogP contribution in [-0.4, -0.2) is 28.2 Å². The molecule has 6 N–H and O–H groups in total. The monoisotopic (exact) mass is 438 g/mol. The Kier molecular flexibility index (Phi) is 8.52. The summed E-state index contributed by atoms with van der Waals surface area (Å²) in [5.74, 6) is -0.122. The van der Waals surface area contributed by atoms with E-state index in [1.165, 1.54) is 18.9 Å². The fourth-order valence-electron chi connectivity index (χ4n) is 2.25. The van der Waals surface area contributed by atoms with Crippen LogP contribution < -0.4 is 21.5 Å². The van der Waals surface area contributed by atoms with Gasteiger partial charge in [0, 0.05) is 28.6 Å². The fourth-order valence-corrected chi connectivity index (χ4v) is 2.79. The fraction of sp³-hybridized carbons (Fsp3) is 0.0952. The lowest BCUT2D eigenvalue weighted by molar-refractivity contribution is -0.117. The maximum atomic E-state index is 10.9. The van der Waals surface area contributed by atoms with E-state index < -0.39 is 5.91 Å². The van der Waals surface area contributed by atoms with E-state index in [0.717, 1.165) is 16.1 Å². The van der Waals surface area contributed by atoms with Gasteiger partial charge in [-0.05, 0) is 55.3 Å². The maximum absolute atomic E-state index is 10.9. The first kappa shape index (κ1) is 23.4. The van der Waals surface area contributed by atoms with Crippen molar-refractivity contribution in [1.29, 1.82) is 0 Å². The summed E-state index contributed by atoms with van der Waals surface area (Å²) in [6.45, 7) is 3.25. The van der Waals surface area contributed by atoms with Gasteiger partial charge in [0.25, 0.3) is 0 Å². The Morgan fingerprint density at radius 2 is 1.71 bits per heavy atom. The summed E-state index contributed by atoms with van der Waals surface area (Å²) in [7, 11) is 0. The number of nitrogens with one attached hydrogen (secondary N) is 2. The quantitative estimate of drug-likeness (QED) is 0.341. The van der Waals surface area contributed by atoms with Crippen LogP contribution in [0.5, 0.6) is 0 Å². The molecule has 10 heteroatoms. The standard InChI is InChI=1S/C12H12N4O.C9H10N2O2S/c1-7-11(13)15-6-10(16-7)8-2-4-9(5-3-8)12(14)17;1-7(13)11-14-9-4-2-8(3-5-9)10-6-12/h2-6H,1H3,(H2,13,15)(H2,14,17);2-6H,1H3,(H,10,12)(H,11,13). The molecule has 0 aliphatic heterocycles. The van der Waals surface area contributed by atoms with Crippen molar-refractivity contribution in [2.75, 3.05) is 11.1 Å². The number of benzene rings is 2. The summed E-state index contributed by atoms with van der Waals surface area (Å²) in [5, 5.41) is 2.52. The highest BCUT2D eigenvalue weighted by atomic mass is 32.2. The number of hydrogen-bond acceptors (Lipinski definition) is 7. The van der Waals surface area contributed by atoms with Crippen LogP contribution in [0.25, 0.3) is 11.3 Å². The molecule has 0 saturated carbocycles. The van der Waals surface area contributed by atoms with E-state index in [4.69, 9.17) is 11.5 Å². The van der Waals surface area contributed by atoms with E-state index in [9.17, 15) is 14.4 Å². The van der Waals surface area contributed by atoms with Gasteiger partial charge in [-0.2, -0.15) is 0 Å². The van der Waals surface area contributed by atoms with Gasteiger partial charge in [0.15, 0.2) is 0 Å². The molecule has 0 saturated heterocycles. The largest absolute Gasteiger partial charge is 0.382 e. The topological polar surface area (TPSA) is 153 Å². The molecular weight excluding hydrogens is 416 g/mol. The van der Waals surface area contributed by atoms with Crippen LogP contribution in [0, 0.1) is 6.92 Å². The predicted octanol–water partition coefficient (Wildman–Crippen LogP) is 2.53. The number of hydrogen-bond donors (Lipinski definition) is 4. The average Bonchev–Trinajstić information content (AvgIpc) is 2.76. The van der Waals surface area contributed by atoms with E-state index >= 15 is 0 Å². The molecule has 160 valence electrons. The van der Waals surface area contributed by atoms with E-state index in [0.29, 0.717) is 29.2 Å². The van der Waals surface area contributed by atoms with Gasteiger partial charge in [-0.15, -0.1) is 0 Å². The highest BCUT2D eigenvalue weighted by molar-refractivity contribution is 7.98. The number of rotatable bonds is 6. The molecule has 3 rings (SSSR count). The Bertz CT molecular complexity index is 1060. The molecule has 9 nitrogen and oxygen atoms in total. The molecule has 0 fully saturated rings. The lowest BCUT2D eigenvalue weighted by atomic mass is 10.1. The van der Waals surface area contributed by atoms with Crippen molar-refractivity contribution < 1.29 is 14.4 Å². The molecule has 0 bridgehead atoms. The van der Waals surface area contributed by atoms with E-state index in [1.807, 2.05) is 12.1 Å². The third-order valence-electron chi connectivity index (χ3n) is 3.84. The average molecular weight is 439 g/mol. The molecule has 1 aromatic heterocycles. The maximum Gasteiger partial charge on any atom is 0.248 e. The zero-order chi connectivity index (χ0) is 22.8. The number of nitrogens with zero attached hydrogens (tertiary/aromatic N) is 2. The van der Waals surface area contributed by atoms with Gasteiger partial charge in [-0.25, -0.2) is 9.97 Å². The number of amides is 3. The summed E-state index contributed by atoms with van der Waals surface area (Å²) in [6.07, 6.45) is 2.22. The summed E-state index contributed by atoms with van der Waals surface area (Å²) in [4.78, 5) is 40.9. The molecule has 0 radical (unpaired) electrons. The van der Waals surface area contributed by atoms with Crippen LogP contribution >= 0.6 is 11.9 Å². The van der Waals surface area contributed by atoms with Crippen LogP contribution in [0.15, 0.2) is 59.6 Å². The van der Waals surface area contributed by atoms with Crippen LogP contribution in [0.4, 0.5) is 11.5 Å². The number of primary amides is 1. The van der Waals surface area contributed by atoms with Crippen LogP contribution in [-0.2, 0) is 9.59 Å². The van der Waals surface area contributed by atoms with Crippen LogP contribution in [0.1, 0.15) is 23.0 Å². The van der Waals surface area contributed by atoms with Crippen LogP contribution in [0.2, 0.25) is 0 Å². The zero-order valence-electron chi connectivity index (χ0n) is 17.0. The summed E-state index contributed by atoms with van der Waals surface area (Å²) < 4.78 is 2.60. The molecule has 1 heterocycles. The summed E-state index contributed by atoms with van der Waals surface area (Å²) >= 11 is 1.24. The van der Waals surface area contributed by atoms with Crippen molar-refractivity contribution in [3.05, 3.63) is 66.0 Å². The van der Waals surface area contributed by atoms with Crippen molar-refractivity contribution in [2.24, 2.45) is 5.73 Å². The molecule has 0 aliphatic carbocycles. The van der Waals surface area contributed by atoms with Gasteiger partial charge in [-0.1, -0.05) is 12.1 Å². The second-order valence-electron chi connectivity index (χ2n) is 6.21. The first-order valence-corrected chi connectivity index (χ1v) is 9.85. The van der Waals surface area contributed by atoms with Crippen molar-refractivity contribution in [3.63, 3.8) is 0 Å². The lowest BCUT2D eigenvalue weighted by Gasteiger charge is -2.04. The first-order valence-electron chi connectivity index (χ1n) is 9.03. The van der Waals surface area contributed by atoms with Crippen molar-refractivity contribution >= 4 is 41.7 Å². The molecule has 0 spiro atoms. The van der Waals surface area contributed by atoms with Gasteiger partial charge in [0.2, 0.25) is 18.2 Å². The number of anilines is 2. The molecule has 3 amide bonds. The minimum Gasteiger partial charge on any atom is -0.382 e. The van der Waals surface area contributed by atoms with Gasteiger partial charge >= 0.3 is 0 Å². The Hall–Kier alpha value is -3.92. The molecule has 31 heavy (non-hydrogen) atoms. The number of nitrogen functional groups attached to an aromatic ring is 1. The predicted molar refractivity (Wildman–Crippen MR) is 121 cm³/mol. The number of aromatic nitrogens is 2. The molecule has 0 aliphatic rings. The van der Waals surface area contributed by atoms with Gasteiger partial charge in [0.05, 0.1) is 17.6 Å². The Morgan fingerprint density at radius 1 is 1.06 bits per heavy atom. The van der Waals surface area contributed by atoms with Crippen LogP contribution in [0.3, 0.4) is 0 Å². The minimum atomic E-state index is -0.448. The van der Waals surface area contributed by atoms with Gasteiger partial charge in [-0.3, -0.25) is 19.1 Å². The third-order valence-corrected chi connectivity index (χ3v) is 4.74. The molecular formula is C21H22N6O3S. The Labute approximate surface area is 183 Å². The molecule has 0 unspecified atom stereocenters. The molecule has 0 atom stereocenters. The van der Waals surface area contributed by atoms with Gasteiger partial charge in [0.1, 0.15) is 5.82 Å². The Morgan fingerprint density at radius 3 is 2.23 bits per heavy atom. The molecule has 3 aromatic rings. The van der Waals surface area contributed by atoms with Crippen molar-refractivity contribution in [2.45, 2.75) is 18.7 Å². The molecule has 2 aromatic carbocycles. The van der Waals surface area contributed by atoms with E-state index in [2.05, 4.69) is 20.0 Å². The minimum absolute atomic E-state index is 0.0925. The van der Waals surface area contributed by atoms with Crippen molar-refractivity contribution in [3.8, 4) is 11.3 Å². The number of carbonyl (C=O) groups excluding carboxylic acids is 3. The number of carbonyl (C=O) groups is 3. The second-order valence-corrected chi connectivity index (χ2v) is 7.09. The van der Waals surface area contributed by atoms with Crippen molar-refractivity contribution in [1.82, 2.24) is 14.7 Å². The second kappa shape index (κ2) is 11.3. The first-order chi connectivity index (χ1) is 14.8.